The molecule has 0 unspecified atom stereocenters. The Kier molecular flexibility index (Phi) is 4.11. The first-order valence-electron chi connectivity index (χ1n) is 3.91. The summed E-state index contributed by atoms with van der Waals surface area (Å²) in [5.41, 5.74) is 1.33. The fourth-order valence-electron chi connectivity index (χ4n) is 0.954. The predicted molar refractivity (Wildman–Crippen MR) is 57.1 cm³/mol. The summed E-state index contributed by atoms with van der Waals surface area (Å²) in [7, 11) is 0. The Morgan fingerprint density at radius 3 is 1.92 bits per heavy atom. The molecule has 0 aliphatic heterocycles. The van der Waals surface area contributed by atoms with Gasteiger partial charge in [0.15, 0.2) is 0 Å². The van der Waals surface area contributed by atoms with Crippen LogP contribution in [0.25, 0.3) is 0 Å². The Morgan fingerprint density at radius 2 is 1.50 bits per heavy atom. The standard InChI is InChI=1S/C10H15N.ClH/c1-10(2,3)11-9-7-5-4-6-8-9;/h4-8,11H,1-3H3;1H. The summed E-state index contributed by atoms with van der Waals surface area (Å²) < 4.78 is 0. The summed E-state index contributed by atoms with van der Waals surface area (Å²) in [6.45, 7) is 6.46. The zero-order valence-electron chi connectivity index (χ0n) is 7.79. The minimum atomic E-state index is 0. The van der Waals surface area contributed by atoms with Crippen molar-refractivity contribution < 1.29 is 0 Å². The zero-order chi connectivity index (χ0) is 8.32. The van der Waals surface area contributed by atoms with Crippen LogP contribution in [0.15, 0.2) is 30.3 Å². The summed E-state index contributed by atoms with van der Waals surface area (Å²) in [6, 6.07) is 10.2. The van der Waals surface area contributed by atoms with Crippen LogP contribution in [0.1, 0.15) is 20.8 Å². The molecule has 0 spiro atoms. The molecule has 0 saturated carbocycles. The van der Waals surface area contributed by atoms with Gasteiger partial charge in [-0.3, -0.25) is 0 Å². The van der Waals surface area contributed by atoms with Crippen molar-refractivity contribution in [3.63, 3.8) is 0 Å². The van der Waals surface area contributed by atoms with E-state index in [1.165, 1.54) is 5.69 Å². The van der Waals surface area contributed by atoms with Crippen LogP contribution < -0.4 is 5.32 Å². The Morgan fingerprint density at radius 1 is 1.00 bits per heavy atom. The van der Waals surface area contributed by atoms with Gasteiger partial charge in [0, 0.05) is 11.2 Å². The first-order valence-corrected chi connectivity index (χ1v) is 3.91. The molecule has 0 bridgehead atoms. The second kappa shape index (κ2) is 4.36. The van der Waals surface area contributed by atoms with Gasteiger partial charge in [0.25, 0.3) is 0 Å². The van der Waals surface area contributed by atoms with Crippen LogP contribution in [0.2, 0.25) is 0 Å². The van der Waals surface area contributed by atoms with Gasteiger partial charge in [-0.15, -0.1) is 12.4 Å². The lowest BCUT2D eigenvalue weighted by Crippen LogP contribution is -2.25. The van der Waals surface area contributed by atoms with Crippen molar-refractivity contribution >= 4 is 18.1 Å². The molecule has 0 saturated heterocycles. The number of nitrogens with one attached hydrogen (secondary N) is 1. The maximum atomic E-state index is 3.38. The van der Waals surface area contributed by atoms with E-state index in [0.29, 0.717) is 0 Å². The molecule has 0 aliphatic rings. The van der Waals surface area contributed by atoms with Gasteiger partial charge in [0.05, 0.1) is 0 Å². The molecule has 1 aromatic rings. The van der Waals surface area contributed by atoms with E-state index in [0.717, 1.165) is 0 Å². The number of rotatable bonds is 1. The van der Waals surface area contributed by atoms with Crippen molar-refractivity contribution in [3.8, 4) is 0 Å². The predicted octanol–water partition coefficient (Wildman–Crippen LogP) is 3.32. The molecule has 1 nitrogen and oxygen atoms in total. The van der Waals surface area contributed by atoms with Crippen LogP contribution >= 0.6 is 12.4 Å². The highest BCUT2D eigenvalue weighted by Crippen LogP contribution is 2.12. The Hall–Kier alpha value is -0.690. The molecule has 12 heavy (non-hydrogen) atoms. The molecule has 0 aromatic heterocycles. The lowest BCUT2D eigenvalue weighted by molar-refractivity contribution is 0.634. The molecule has 0 heterocycles. The number of halogens is 1. The Labute approximate surface area is 80.6 Å². The van der Waals surface area contributed by atoms with Crippen LogP contribution in [0.5, 0.6) is 0 Å². The van der Waals surface area contributed by atoms with Gasteiger partial charge < -0.3 is 5.32 Å². The SMILES string of the molecule is CC(C)(C)Nc1ccccc1.Cl. The maximum absolute atomic E-state index is 3.38. The third-order valence-electron chi connectivity index (χ3n) is 1.29. The average molecular weight is 186 g/mol. The van der Waals surface area contributed by atoms with Gasteiger partial charge in [-0.2, -0.15) is 0 Å². The van der Waals surface area contributed by atoms with Gasteiger partial charge in [-0.25, -0.2) is 0 Å². The normalized spacial score (nSPS) is 10.2. The summed E-state index contributed by atoms with van der Waals surface area (Å²) in [4.78, 5) is 0. The first-order chi connectivity index (χ1) is 5.08. The van der Waals surface area contributed by atoms with Crippen LogP contribution in [0.4, 0.5) is 5.69 Å². The van der Waals surface area contributed by atoms with Crippen molar-refractivity contribution in [3.05, 3.63) is 30.3 Å². The van der Waals surface area contributed by atoms with Crippen molar-refractivity contribution in [1.29, 1.82) is 0 Å². The molecule has 68 valence electrons. The van der Waals surface area contributed by atoms with E-state index in [-0.39, 0.29) is 17.9 Å². The van der Waals surface area contributed by atoms with Crippen molar-refractivity contribution in [2.75, 3.05) is 5.32 Å². The van der Waals surface area contributed by atoms with Crippen LogP contribution in [-0.2, 0) is 0 Å². The zero-order valence-corrected chi connectivity index (χ0v) is 8.61. The van der Waals surface area contributed by atoms with Crippen molar-refractivity contribution in [2.45, 2.75) is 26.3 Å². The molecule has 1 rings (SSSR count). The average Bonchev–Trinajstić information content (AvgIpc) is 1.85. The third kappa shape index (κ3) is 4.24. The second-order valence-corrected chi connectivity index (χ2v) is 3.74. The molecule has 2 heteroatoms. The Bertz CT molecular complexity index is 213. The largest absolute Gasteiger partial charge is 0.380 e. The molecule has 0 atom stereocenters. The molecule has 0 radical (unpaired) electrons. The summed E-state index contributed by atoms with van der Waals surface area (Å²) in [5.74, 6) is 0. The van der Waals surface area contributed by atoms with Gasteiger partial charge in [-0.1, -0.05) is 18.2 Å². The maximum Gasteiger partial charge on any atom is 0.0344 e. The fraction of sp³-hybridized carbons (Fsp3) is 0.400. The van der Waals surface area contributed by atoms with Crippen LogP contribution in [0.3, 0.4) is 0 Å². The second-order valence-electron chi connectivity index (χ2n) is 3.74. The molecule has 1 N–H and O–H groups in total. The molecular weight excluding hydrogens is 170 g/mol. The monoisotopic (exact) mass is 185 g/mol. The van der Waals surface area contributed by atoms with Gasteiger partial charge in [0.1, 0.15) is 0 Å². The van der Waals surface area contributed by atoms with Gasteiger partial charge in [0.2, 0.25) is 0 Å². The topological polar surface area (TPSA) is 12.0 Å². The number of hydrogen-bond acceptors (Lipinski definition) is 1. The van der Waals surface area contributed by atoms with E-state index in [1.54, 1.807) is 0 Å². The molecule has 0 aliphatic carbocycles. The third-order valence-corrected chi connectivity index (χ3v) is 1.29. The van der Waals surface area contributed by atoms with E-state index in [9.17, 15) is 0 Å². The minimum absolute atomic E-state index is 0. The van der Waals surface area contributed by atoms with Crippen LogP contribution in [-0.4, -0.2) is 5.54 Å². The fourth-order valence-corrected chi connectivity index (χ4v) is 0.954. The number of hydrogen-bond donors (Lipinski definition) is 1. The summed E-state index contributed by atoms with van der Waals surface area (Å²) >= 11 is 0. The molecule has 0 amide bonds. The van der Waals surface area contributed by atoms with E-state index in [2.05, 4.69) is 38.2 Å². The van der Waals surface area contributed by atoms with E-state index in [1.807, 2.05) is 18.2 Å². The smallest absolute Gasteiger partial charge is 0.0344 e. The van der Waals surface area contributed by atoms with Gasteiger partial charge >= 0.3 is 0 Å². The number of para-hydroxylation sites is 1. The molecule has 0 fully saturated rings. The highest BCUT2D eigenvalue weighted by Gasteiger charge is 2.07. The quantitative estimate of drug-likeness (QED) is 0.708. The highest BCUT2D eigenvalue weighted by molar-refractivity contribution is 5.85. The lowest BCUT2D eigenvalue weighted by Gasteiger charge is -2.21. The molecular formula is C10H16ClN. The Balaban J connectivity index is 0.00000121. The lowest BCUT2D eigenvalue weighted by atomic mass is 10.1. The molecule has 1 aromatic carbocycles. The minimum Gasteiger partial charge on any atom is -0.380 e. The van der Waals surface area contributed by atoms with Crippen molar-refractivity contribution in [1.82, 2.24) is 0 Å². The first kappa shape index (κ1) is 11.3. The highest BCUT2D eigenvalue weighted by atomic mass is 35.5. The number of benzene rings is 1. The van der Waals surface area contributed by atoms with Crippen molar-refractivity contribution in [2.24, 2.45) is 0 Å². The van der Waals surface area contributed by atoms with Crippen LogP contribution in [0, 0.1) is 0 Å². The summed E-state index contributed by atoms with van der Waals surface area (Å²) in [5, 5.41) is 3.38. The van der Waals surface area contributed by atoms with E-state index < -0.39 is 0 Å². The number of anilines is 1. The van der Waals surface area contributed by atoms with E-state index in [4.69, 9.17) is 0 Å². The summed E-state index contributed by atoms with van der Waals surface area (Å²) in [6.07, 6.45) is 0. The van der Waals surface area contributed by atoms with Gasteiger partial charge in [-0.05, 0) is 32.9 Å². The van der Waals surface area contributed by atoms with E-state index >= 15 is 0 Å².